The zero-order chi connectivity index (χ0) is 27.3. The molecule has 1 aromatic rings. The van der Waals surface area contributed by atoms with Crippen LogP contribution in [0.25, 0.3) is 6.08 Å². The van der Waals surface area contributed by atoms with Crippen LogP contribution in [0.15, 0.2) is 23.8 Å². The fourth-order valence-corrected chi connectivity index (χ4v) is 4.72. The van der Waals surface area contributed by atoms with Crippen LogP contribution < -0.4 is 9.47 Å². The van der Waals surface area contributed by atoms with Crippen molar-refractivity contribution in [3.8, 4) is 11.5 Å². The van der Waals surface area contributed by atoms with E-state index in [0.29, 0.717) is 29.7 Å². The molecule has 1 saturated heterocycles. The van der Waals surface area contributed by atoms with Crippen LogP contribution in [-0.2, 0) is 11.2 Å². The average Bonchev–Trinajstić information content (AvgIpc) is 2.82. The lowest BCUT2D eigenvalue weighted by molar-refractivity contribution is -0.312. The molecule has 0 radical (unpaired) electrons. The molecule has 6 atom stereocenters. The third-order valence-corrected chi connectivity index (χ3v) is 6.91. The third-order valence-electron chi connectivity index (χ3n) is 6.91. The summed E-state index contributed by atoms with van der Waals surface area (Å²) in [5, 5.41) is 50.4. The summed E-state index contributed by atoms with van der Waals surface area (Å²) in [6.45, 7) is 7.48. The molecule has 37 heavy (non-hydrogen) atoms. The van der Waals surface area contributed by atoms with E-state index in [1.165, 1.54) is 5.57 Å². The first-order chi connectivity index (χ1) is 17.5. The lowest BCUT2D eigenvalue weighted by Gasteiger charge is -2.40. The number of hydrogen-bond donors (Lipinski definition) is 5. The Hall–Kier alpha value is -2.43. The third kappa shape index (κ3) is 6.72. The molecule has 1 aromatic carbocycles. The average molecular weight is 521 g/mol. The molecule has 9 heteroatoms. The van der Waals surface area contributed by atoms with Crippen LogP contribution in [0.2, 0.25) is 0 Å². The van der Waals surface area contributed by atoms with E-state index in [2.05, 4.69) is 13.0 Å². The smallest absolute Gasteiger partial charge is 0.339 e. The first kappa shape index (κ1) is 29.1. The summed E-state index contributed by atoms with van der Waals surface area (Å²) in [4.78, 5) is 12.5. The van der Waals surface area contributed by atoms with Gasteiger partial charge in [-0.3, -0.25) is 0 Å². The number of carboxylic acids is 1. The molecule has 0 aromatic heterocycles. The van der Waals surface area contributed by atoms with Crippen LogP contribution >= 0.6 is 0 Å². The second-order valence-corrected chi connectivity index (χ2v) is 10.3. The Kier molecular flexibility index (Phi) is 9.77. The number of ether oxygens (including phenoxy) is 3. The molecule has 0 saturated carbocycles. The highest BCUT2D eigenvalue weighted by Gasteiger charge is 2.46. The summed E-state index contributed by atoms with van der Waals surface area (Å²) in [6.07, 6.45) is 4.05. The molecule has 3 rings (SSSR count). The van der Waals surface area contributed by atoms with Crippen molar-refractivity contribution in [2.75, 3.05) is 6.61 Å². The largest absolute Gasteiger partial charge is 0.483 e. The lowest BCUT2D eigenvalue weighted by Crippen LogP contribution is -2.57. The van der Waals surface area contributed by atoms with Gasteiger partial charge in [-0.1, -0.05) is 31.4 Å². The highest BCUT2D eigenvalue weighted by atomic mass is 16.7. The van der Waals surface area contributed by atoms with Gasteiger partial charge in [-0.25, -0.2) is 4.79 Å². The molecule has 0 amide bonds. The van der Waals surface area contributed by atoms with Gasteiger partial charge < -0.3 is 39.7 Å². The summed E-state index contributed by atoms with van der Waals surface area (Å²) in [5.41, 5.74) is 1.46. The van der Waals surface area contributed by atoms with Gasteiger partial charge in [0.15, 0.2) is 6.29 Å². The minimum atomic E-state index is -1.77. The second kappa shape index (κ2) is 12.4. The van der Waals surface area contributed by atoms with Crippen molar-refractivity contribution in [3.05, 3.63) is 40.5 Å². The van der Waals surface area contributed by atoms with E-state index in [1.54, 1.807) is 12.1 Å². The van der Waals surface area contributed by atoms with E-state index in [0.717, 1.165) is 25.7 Å². The Balaban J connectivity index is 2.07. The van der Waals surface area contributed by atoms with Crippen LogP contribution in [0.1, 0.15) is 81.3 Å². The first-order valence-corrected chi connectivity index (χ1v) is 12.9. The number of rotatable bonds is 11. The minimum absolute atomic E-state index is 0.0293. The van der Waals surface area contributed by atoms with Gasteiger partial charge in [0.25, 0.3) is 0 Å². The van der Waals surface area contributed by atoms with Crippen LogP contribution in [0.5, 0.6) is 11.5 Å². The molecule has 0 spiro atoms. The summed E-state index contributed by atoms with van der Waals surface area (Å²) in [6, 6.07) is 1.75. The van der Waals surface area contributed by atoms with Crippen molar-refractivity contribution in [3.63, 3.8) is 0 Å². The van der Waals surface area contributed by atoms with Crippen molar-refractivity contribution in [2.24, 2.45) is 5.92 Å². The normalized spacial score (nSPS) is 28.8. The Bertz CT molecular complexity index is 1010. The maximum atomic E-state index is 12.5. The van der Waals surface area contributed by atoms with Gasteiger partial charge in [-0.05, 0) is 70.2 Å². The van der Waals surface area contributed by atoms with Crippen molar-refractivity contribution >= 4 is 12.0 Å². The predicted molar refractivity (Wildman–Crippen MR) is 137 cm³/mol. The topological polar surface area (TPSA) is 146 Å². The van der Waals surface area contributed by atoms with E-state index >= 15 is 0 Å². The predicted octanol–water partition coefficient (Wildman–Crippen LogP) is 3.41. The Morgan fingerprint density at radius 3 is 2.54 bits per heavy atom. The molecule has 206 valence electrons. The van der Waals surface area contributed by atoms with Crippen molar-refractivity contribution in [1.29, 1.82) is 0 Å². The second-order valence-electron chi connectivity index (χ2n) is 10.3. The standard InChI is InChI=1S/C28H40O9/c1-5-6-7-10-17-14-20-18(11-13-28(4,37-20)12-8-9-16(2)3)24(21(17)25(32)33)35-27-19(15-29)22(30)23(31)26(34)36-27/h9,11,13-14,19,22-23,26-27,29-31,34H,5-8,10,12,15H2,1-4H3,(H,32,33)/t19-,22-,23+,26+,27?,28?/m1/s1. The Labute approximate surface area is 218 Å². The Morgan fingerprint density at radius 2 is 1.92 bits per heavy atom. The molecule has 5 N–H and O–H groups in total. The fourth-order valence-electron chi connectivity index (χ4n) is 4.72. The number of carbonyl (C=O) groups is 1. The van der Waals surface area contributed by atoms with Gasteiger partial charge in [-0.2, -0.15) is 0 Å². The number of fused-ring (bicyclic) bond motifs is 1. The highest BCUT2D eigenvalue weighted by Crippen LogP contribution is 2.44. The number of benzene rings is 1. The number of carboxylic acid groups (broad SMARTS) is 1. The quantitative estimate of drug-likeness (QED) is 0.219. The van der Waals surface area contributed by atoms with Gasteiger partial charge in [-0.15, -0.1) is 0 Å². The van der Waals surface area contributed by atoms with Crippen molar-refractivity contribution in [1.82, 2.24) is 0 Å². The van der Waals surface area contributed by atoms with E-state index in [9.17, 15) is 30.3 Å². The lowest BCUT2D eigenvalue weighted by atomic mass is 9.90. The molecule has 2 unspecified atom stereocenters. The maximum Gasteiger partial charge on any atom is 0.339 e. The molecular formula is C28H40O9. The maximum absolute atomic E-state index is 12.5. The molecule has 9 nitrogen and oxygen atoms in total. The molecule has 1 fully saturated rings. The van der Waals surface area contributed by atoms with Gasteiger partial charge >= 0.3 is 5.97 Å². The highest BCUT2D eigenvalue weighted by molar-refractivity contribution is 5.95. The summed E-state index contributed by atoms with van der Waals surface area (Å²) in [7, 11) is 0. The molecule has 2 aliphatic rings. The summed E-state index contributed by atoms with van der Waals surface area (Å²) < 4.78 is 17.8. The first-order valence-electron chi connectivity index (χ1n) is 12.9. The summed E-state index contributed by atoms with van der Waals surface area (Å²) >= 11 is 0. The van der Waals surface area contributed by atoms with Crippen LogP contribution in [0, 0.1) is 5.92 Å². The number of aliphatic hydroxyl groups is 4. The molecule has 2 heterocycles. The number of allylic oxidation sites excluding steroid dienone is 2. The van der Waals surface area contributed by atoms with Crippen LogP contribution in [0.3, 0.4) is 0 Å². The summed E-state index contributed by atoms with van der Waals surface area (Å²) in [5.74, 6) is -1.89. The zero-order valence-corrected chi connectivity index (χ0v) is 22.0. The number of aliphatic hydroxyl groups excluding tert-OH is 4. The molecule has 2 aliphatic heterocycles. The van der Waals surface area contributed by atoms with Gasteiger partial charge in [0.2, 0.25) is 6.29 Å². The SMILES string of the molecule is CCCCCc1cc2c(c(OC3O[C@H](O)[C@@H](O)[C@H](O)[C@H]3CO)c1C(=O)O)C=CC(C)(CCC=C(C)C)O2. The zero-order valence-electron chi connectivity index (χ0n) is 22.0. The number of aromatic carboxylic acids is 1. The van der Waals surface area contributed by atoms with E-state index in [-0.39, 0.29) is 11.3 Å². The van der Waals surface area contributed by atoms with Crippen LogP contribution in [-0.4, -0.2) is 68.5 Å². The Morgan fingerprint density at radius 1 is 1.19 bits per heavy atom. The van der Waals surface area contributed by atoms with Gasteiger partial charge in [0, 0.05) is 0 Å². The number of hydrogen-bond acceptors (Lipinski definition) is 8. The molecular weight excluding hydrogens is 480 g/mol. The number of aryl methyl sites for hydroxylation is 1. The number of unbranched alkanes of at least 4 members (excludes halogenated alkanes) is 2. The fraction of sp³-hybridized carbons (Fsp3) is 0.607. The van der Waals surface area contributed by atoms with Crippen molar-refractivity contribution in [2.45, 2.75) is 96.6 Å². The minimum Gasteiger partial charge on any atom is -0.483 e. The van der Waals surface area contributed by atoms with E-state index in [1.807, 2.05) is 26.8 Å². The monoisotopic (exact) mass is 520 g/mol. The van der Waals surface area contributed by atoms with E-state index < -0.39 is 48.9 Å². The molecule has 0 aliphatic carbocycles. The van der Waals surface area contributed by atoms with Crippen LogP contribution in [0.4, 0.5) is 0 Å². The molecule has 0 bridgehead atoms. The van der Waals surface area contributed by atoms with Crippen molar-refractivity contribution < 1.29 is 44.5 Å². The van der Waals surface area contributed by atoms with E-state index in [4.69, 9.17) is 14.2 Å². The van der Waals surface area contributed by atoms with Gasteiger partial charge in [0.05, 0.1) is 24.2 Å². The van der Waals surface area contributed by atoms with Gasteiger partial charge in [0.1, 0.15) is 28.8 Å².